The molecule has 0 bridgehead atoms. The molecule has 1 amide bonds. The Bertz CT molecular complexity index is 418. The van der Waals surface area contributed by atoms with Gasteiger partial charge in [0, 0.05) is 6.42 Å². The van der Waals surface area contributed by atoms with Crippen LogP contribution in [0.25, 0.3) is 0 Å². The van der Waals surface area contributed by atoms with Gasteiger partial charge in [0.05, 0.1) is 25.9 Å². The van der Waals surface area contributed by atoms with Crippen molar-refractivity contribution < 1.29 is 49.7 Å². The molecule has 0 aromatic rings. The van der Waals surface area contributed by atoms with Crippen LogP contribution in [0.15, 0.2) is 0 Å². The first kappa shape index (κ1) is 18.5. The molecule has 11 heteroatoms. The maximum Gasteiger partial charge on any atom is 0.407 e. The summed E-state index contributed by atoms with van der Waals surface area (Å²) in [7, 11) is 1.03. The van der Waals surface area contributed by atoms with E-state index >= 15 is 0 Å². The number of ether oxygens (including phenoxy) is 2. The van der Waals surface area contributed by atoms with E-state index in [4.69, 9.17) is 14.9 Å². The zero-order valence-corrected chi connectivity index (χ0v) is 11.6. The number of rotatable bonds is 5. The molecule has 22 heavy (non-hydrogen) atoms. The zero-order chi connectivity index (χ0) is 17.1. The Hall–Kier alpha value is -1.50. The molecule has 1 aliphatic rings. The van der Waals surface area contributed by atoms with Gasteiger partial charge in [0.15, 0.2) is 0 Å². The molecule has 1 fully saturated rings. The van der Waals surface area contributed by atoms with Crippen molar-refractivity contribution in [3.05, 3.63) is 0 Å². The summed E-state index contributed by atoms with van der Waals surface area (Å²) < 4.78 is 9.18. The summed E-state index contributed by atoms with van der Waals surface area (Å²) in [6.07, 6.45) is -8.80. The number of alkyl carbamates (subject to hydrolysis) is 1. The predicted octanol–water partition coefficient (Wildman–Crippen LogP) is -3.65. The summed E-state index contributed by atoms with van der Waals surface area (Å²) in [5, 5.41) is 59.0. The molecule has 0 radical (unpaired) electrons. The summed E-state index contributed by atoms with van der Waals surface area (Å²) in [4.78, 5) is 22.3. The van der Waals surface area contributed by atoms with Crippen LogP contribution in [0.4, 0.5) is 4.79 Å². The smallest absolute Gasteiger partial charge is 0.407 e. The van der Waals surface area contributed by atoms with E-state index in [-0.39, 0.29) is 0 Å². The fourth-order valence-corrected chi connectivity index (χ4v) is 2.10. The summed E-state index contributed by atoms with van der Waals surface area (Å²) >= 11 is 0. The summed E-state index contributed by atoms with van der Waals surface area (Å²) in [5.74, 6) is -4.65. The maximum absolute atomic E-state index is 11.3. The molecule has 11 nitrogen and oxygen atoms in total. The van der Waals surface area contributed by atoms with Crippen LogP contribution in [0.5, 0.6) is 0 Å². The largest absolute Gasteiger partial charge is 0.477 e. The number of carbonyl (C=O) groups excluding carboxylic acids is 1. The first-order valence-electron chi connectivity index (χ1n) is 6.29. The minimum atomic E-state index is -2.82. The predicted molar refractivity (Wildman–Crippen MR) is 66.5 cm³/mol. The number of methoxy groups -OCH3 is 1. The molecule has 1 heterocycles. The molecule has 0 saturated carbocycles. The van der Waals surface area contributed by atoms with Crippen LogP contribution in [0.1, 0.15) is 6.42 Å². The van der Waals surface area contributed by atoms with Crippen molar-refractivity contribution in [3.8, 4) is 0 Å². The number of aliphatic hydroxyl groups excluding tert-OH is 4. The summed E-state index contributed by atoms with van der Waals surface area (Å²) in [6.45, 7) is -0.895. The van der Waals surface area contributed by atoms with Gasteiger partial charge >= 0.3 is 12.1 Å². The second-order valence-corrected chi connectivity index (χ2v) is 4.85. The Morgan fingerprint density at radius 1 is 1.45 bits per heavy atom. The number of hydrogen-bond acceptors (Lipinski definition) is 9. The van der Waals surface area contributed by atoms with E-state index in [0.717, 1.165) is 7.11 Å². The van der Waals surface area contributed by atoms with Crippen molar-refractivity contribution in [1.29, 1.82) is 0 Å². The highest BCUT2D eigenvalue weighted by atomic mass is 16.7. The Labute approximate surface area is 124 Å². The Balaban J connectivity index is 3.07. The van der Waals surface area contributed by atoms with E-state index in [2.05, 4.69) is 10.1 Å². The van der Waals surface area contributed by atoms with E-state index in [1.807, 2.05) is 0 Å². The van der Waals surface area contributed by atoms with Crippen LogP contribution in [-0.2, 0) is 14.3 Å². The first-order valence-corrected chi connectivity index (χ1v) is 6.29. The minimum Gasteiger partial charge on any atom is -0.477 e. The lowest BCUT2D eigenvalue weighted by Gasteiger charge is -2.44. The van der Waals surface area contributed by atoms with Crippen molar-refractivity contribution in [2.45, 2.75) is 42.7 Å². The van der Waals surface area contributed by atoms with Gasteiger partial charge in [-0.05, 0) is 0 Å². The Morgan fingerprint density at radius 3 is 2.50 bits per heavy atom. The molecule has 0 unspecified atom stereocenters. The minimum absolute atomic E-state index is 0.796. The van der Waals surface area contributed by atoms with Gasteiger partial charge in [-0.1, -0.05) is 0 Å². The van der Waals surface area contributed by atoms with Gasteiger partial charge in [-0.15, -0.1) is 0 Å². The Kier molecular flexibility index (Phi) is 6.05. The lowest BCUT2D eigenvalue weighted by Crippen LogP contribution is -2.67. The van der Waals surface area contributed by atoms with Crippen molar-refractivity contribution in [2.24, 2.45) is 0 Å². The van der Waals surface area contributed by atoms with Crippen LogP contribution >= 0.6 is 0 Å². The molecule has 0 spiro atoms. The molecule has 0 aromatic heterocycles. The first-order chi connectivity index (χ1) is 10.2. The highest BCUT2D eigenvalue weighted by molar-refractivity contribution is 5.75. The van der Waals surface area contributed by atoms with Crippen LogP contribution in [0, 0.1) is 0 Å². The normalized spacial score (nSPS) is 34.5. The third-order valence-corrected chi connectivity index (χ3v) is 3.31. The fourth-order valence-electron chi connectivity index (χ4n) is 2.10. The van der Waals surface area contributed by atoms with Gasteiger partial charge in [-0.3, -0.25) is 0 Å². The monoisotopic (exact) mass is 325 g/mol. The zero-order valence-electron chi connectivity index (χ0n) is 11.6. The van der Waals surface area contributed by atoms with E-state index < -0.39 is 61.3 Å². The maximum atomic E-state index is 11.3. The second kappa shape index (κ2) is 7.17. The van der Waals surface area contributed by atoms with Gasteiger partial charge in [-0.25, -0.2) is 9.59 Å². The highest BCUT2D eigenvalue weighted by Crippen LogP contribution is 2.30. The van der Waals surface area contributed by atoms with Crippen LogP contribution in [-0.4, -0.2) is 92.7 Å². The van der Waals surface area contributed by atoms with E-state index in [9.17, 15) is 30.0 Å². The molecule has 1 saturated heterocycles. The lowest BCUT2D eigenvalue weighted by atomic mass is 9.89. The van der Waals surface area contributed by atoms with Gasteiger partial charge in [0.1, 0.15) is 18.3 Å². The second-order valence-electron chi connectivity index (χ2n) is 4.85. The molecular weight excluding hydrogens is 306 g/mol. The number of hydrogen-bond donors (Lipinski definition) is 7. The van der Waals surface area contributed by atoms with Gasteiger partial charge in [0.2, 0.25) is 0 Å². The van der Waals surface area contributed by atoms with Crippen LogP contribution < -0.4 is 5.32 Å². The standard InChI is InChI=1S/C11H19NO10/c1-21-10(19)12-6-4(14)2-11(20,9(17)18)22-8(6)7(16)5(15)3-13/h4-8,13-16,20H,2-3H2,1H3,(H,12,19)(H,17,18)/t4-,5+,6+,7+,8+,11+/m0/s1. The van der Waals surface area contributed by atoms with Crippen LogP contribution in [0.3, 0.4) is 0 Å². The average Bonchev–Trinajstić information content (AvgIpc) is 2.47. The molecule has 0 aliphatic carbocycles. The van der Waals surface area contributed by atoms with Gasteiger partial charge in [0.25, 0.3) is 5.79 Å². The number of amides is 1. The van der Waals surface area contributed by atoms with E-state index in [0.29, 0.717) is 0 Å². The van der Waals surface area contributed by atoms with Crippen LogP contribution in [0.2, 0.25) is 0 Å². The molecule has 1 rings (SSSR count). The number of carboxylic acid groups (broad SMARTS) is 1. The lowest BCUT2D eigenvalue weighted by molar-refractivity contribution is -0.294. The number of nitrogens with one attached hydrogen (secondary N) is 1. The van der Waals surface area contributed by atoms with E-state index in [1.165, 1.54) is 0 Å². The third-order valence-electron chi connectivity index (χ3n) is 3.31. The fraction of sp³-hybridized carbons (Fsp3) is 0.818. The quantitative estimate of drug-likeness (QED) is 0.266. The molecular formula is C11H19NO10. The SMILES string of the molecule is COC(=O)N[C@H]1[C@H]([C@H](O)[C@H](O)CO)O[C@@](O)(C(=O)O)C[C@@H]1O. The number of aliphatic hydroxyl groups is 5. The number of aliphatic carboxylic acids is 1. The van der Waals surface area contributed by atoms with E-state index in [1.54, 1.807) is 0 Å². The third kappa shape index (κ3) is 3.82. The van der Waals surface area contributed by atoms with Gasteiger partial charge in [-0.2, -0.15) is 0 Å². The highest BCUT2D eigenvalue weighted by Gasteiger charge is 2.54. The molecule has 6 atom stereocenters. The summed E-state index contributed by atoms with van der Waals surface area (Å²) in [6, 6.07) is -1.39. The molecule has 128 valence electrons. The van der Waals surface area contributed by atoms with Gasteiger partial charge < -0.3 is 45.4 Å². The Morgan fingerprint density at radius 2 is 2.05 bits per heavy atom. The van der Waals surface area contributed by atoms with Crippen molar-refractivity contribution >= 4 is 12.1 Å². The van der Waals surface area contributed by atoms with Crippen molar-refractivity contribution in [3.63, 3.8) is 0 Å². The topological polar surface area (TPSA) is 186 Å². The van der Waals surface area contributed by atoms with Crippen molar-refractivity contribution in [1.82, 2.24) is 5.32 Å². The molecule has 1 aliphatic heterocycles. The summed E-state index contributed by atoms with van der Waals surface area (Å²) in [5.41, 5.74) is 0. The average molecular weight is 325 g/mol. The molecule has 0 aromatic carbocycles. The number of carboxylic acids is 1. The molecule has 7 N–H and O–H groups in total. The number of carbonyl (C=O) groups is 2. The van der Waals surface area contributed by atoms with Crippen molar-refractivity contribution in [2.75, 3.05) is 13.7 Å².